The molecule has 2 aliphatic rings. The van der Waals surface area contributed by atoms with Crippen molar-refractivity contribution in [3.05, 3.63) is 0 Å². The molecule has 2 rings (SSSR count). The van der Waals surface area contributed by atoms with Crippen molar-refractivity contribution in [2.24, 2.45) is 0 Å². The fraction of sp³-hybridized carbons (Fsp3) is 0.917. The van der Waals surface area contributed by atoms with Crippen molar-refractivity contribution in [2.45, 2.75) is 37.5 Å². The minimum atomic E-state index is -3.32. The van der Waals surface area contributed by atoms with Crippen molar-refractivity contribution in [3.63, 3.8) is 0 Å². The molecule has 0 aliphatic carbocycles. The van der Waals surface area contributed by atoms with Gasteiger partial charge < -0.3 is 14.4 Å². The Kier molecular flexibility index (Phi) is 5.00. The molecule has 1 amide bonds. The highest BCUT2D eigenvalue weighted by atomic mass is 32.2. The van der Waals surface area contributed by atoms with Gasteiger partial charge in [0.25, 0.3) is 0 Å². The third kappa shape index (κ3) is 3.69. The van der Waals surface area contributed by atoms with Crippen LogP contribution in [0.15, 0.2) is 0 Å². The van der Waals surface area contributed by atoms with Gasteiger partial charge in [-0.1, -0.05) is 0 Å². The van der Waals surface area contributed by atoms with E-state index in [1.165, 1.54) is 0 Å². The van der Waals surface area contributed by atoms with Crippen LogP contribution in [-0.4, -0.2) is 70.5 Å². The summed E-state index contributed by atoms with van der Waals surface area (Å²) >= 11 is 0. The van der Waals surface area contributed by atoms with Crippen LogP contribution in [-0.2, 0) is 24.3 Å². The second-order valence-corrected chi connectivity index (χ2v) is 7.11. The summed E-state index contributed by atoms with van der Waals surface area (Å²) in [6, 6.07) is -0.394. The maximum Gasteiger partial charge on any atom is 0.225 e. The van der Waals surface area contributed by atoms with Crippen LogP contribution in [0, 0.1) is 0 Å². The lowest BCUT2D eigenvalue weighted by Gasteiger charge is -2.32. The number of nitrogens with one attached hydrogen (secondary N) is 1. The molecule has 0 aromatic rings. The number of hydrogen-bond acceptors (Lipinski definition) is 5. The van der Waals surface area contributed by atoms with Crippen molar-refractivity contribution < 1.29 is 22.7 Å². The molecular formula is C12H22N2O5S. The van der Waals surface area contributed by atoms with Gasteiger partial charge in [-0.05, 0) is 12.8 Å². The molecule has 0 unspecified atom stereocenters. The molecule has 0 aromatic carbocycles. The maximum absolute atomic E-state index is 12.2. The monoisotopic (exact) mass is 306 g/mol. The molecule has 116 valence electrons. The Morgan fingerprint density at radius 3 is 2.90 bits per heavy atom. The van der Waals surface area contributed by atoms with Gasteiger partial charge in [-0.2, -0.15) is 0 Å². The van der Waals surface area contributed by atoms with Crippen LogP contribution in [0.2, 0.25) is 0 Å². The molecule has 2 fully saturated rings. The number of carbonyl (C=O) groups excluding carboxylic acids is 1. The van der Waals surface area contributed by atoms with Gasteiger partial charge in [-0.25, -0.2) is 13.1 Å². The Hall–Kier alpha value is -0.700. The first kappa shape index (κ1) is 15.7. The fourth-order valence-electron chi connectivity index (χ4n) is 2.95. The highest BCUT2D eigenvalue weighted by Crippen LogP contribution is 2.29. The quantitative estimate of drug-likeness (QED) is 0.728. The van der Waals surface area contributed by atoms with Gasteiger partial charge in [-0.15, -0.1) is 0 Å². The molecule has 0 spiro atoms. The van der Waals surface area contributed by atoms with Crippen LogP contribution in [0.3, 0.4) is 0 Å². The molecule has 8 heteroatoms. The van der Waals surface area contributed by atoms with Crippen molar-refractivity contribution in [3.8, 4) is 0 Å². The SMILES string of the molecule is COCCC(=O)N1C[C@@H](NS(C)(=O)=O)[C@H]2OCCC[C@H]21. The number of ether oxygens (including phenoxy) is 2. The molecule has 0 saturated carbocycles. The van der Waals surface area contributed by atoms with Gasteiger partial charge in [0.05, 0.1) is 37.5 Å². The molecule has 2 aliphatic heterocycles. The first-order valence-corrected chi connectivity index (χ1v) is 8.69. The van der Waals surface area contributed by atoms with Gasteiger partial charge in [0.15, 0.2) is 0 Å². The number of sulfonamides is 1. The Bertz CT molecular complexity index is 453. The zero-order valence-electron chi connectivity index (χ0n) is 11.9. The average Bonchev–Trinajstić information content (AvgIpc) is 2.73. The summed E-state index contributed by atoms with van der Waals surface area (Å²) in [6.45, 7) is 1.35. The summed E-state index contributed by atoms with van der Waals surface area (Å²) in [6.07, 6.45) is 2.93. The average molecular weight is 306 g/mol. The van der Waals surface area contributed by atoms with Crippen LogP contribution in [0.25, 0.3) is 0 Å². The summed E-state index contributed by atoms with van der Waals surface area (Å²) in [5, 5.41) is 0. The van der Waals surface area contributed by atoms with E-state index in [1.807, 2.05) is 0 Å². The number of rotatable bonds is 5. The molecule has 20 heavy (non-hydrogen) atoms. The molecular weight excluding hydrogens is 284 g/mol. The van der Waals surface area contributed by atoms with Crippen LogP contribution in [0.4, 0.5) is 0 Å². The van der Waals surface area contributed by atoms with E-state index in [0.29, 0.717) is 26.2 Å². The van der Waals surface area contributed by atoms with E-state index < -0.39 is 10.0 Å². The second kappa shape index (κ2) is 6.38. The molecule has 2 heterocycles. The third-order valence-corrected chi connectivity index (χ3v) is 4.46. The predicted molar refractivity (Wildman–Crippen MR) is 72.7 cm³/mol. The lowest BCUT2D eigenvalue weighted by Crippen LogP contribution is -2.47. The third-order valence-electron chi connectivity index (χ3n) is 3.73. The summed E-state index contributed by atoms with van der Waals surface area (Å²) < 4.78 is 36.0. The fourth-order valence-corrected chi connectivity index (χ4v) is 3.71. The lowest BCUT2D eigenvalue weighted by molar-refractivity contribution is -0.135. The summed E-state index contributed by atoms with van der Waals surface area (Å²) in [5.74, 6) is -0.00912. The number of hydrogen-bond donors (Lipinski definition) is 1. The Morgan fingerprint density at radius 2 is 2.25 bits per heavy atom. The maximum atomic E-state index is 12.2. The van der Waals surface area contributed by atoms with Gasteiger partial charge in [0.2, 0.25) is 15.9 Å². The van der Waals surface area contributed by atoms with E-state index in [9.17, 15) is 13.2 Å². The molecule has 0 bridgehead atoms. The van der Waals surface area contributed by atoms with Crippen molar-refractivity contribution in [2.75, 3.05) is 33.1 Å². The van der Waals surface area contributed by atoms with Crippen molar-refractivity contribution in [1.29, 1.82) is 0 Å². The van der Waals surface area contributed by atoms with E-state index in [-0.39, 0.29) is 24.1 Å². The molecule has 3 atom stereocenters. The van der Waals surface area contributed by atoms with Crippen LogP contribution in [0.5, 0.6) is 0 Å². The Balaban J connectivity index is 2.08. The van der Waals surface area contributed by atoms with Gasteiger partial charge in [0.1, 0.15) is 0 Å². The first-order chi connectivity index (χ1) is 9.42. The minimum absolute atomic E-state index is 0.00912. The van der Waals surface area contributed by atoms with E-state index in [0.717, 1.165) is 19.1 Å². The molecule has 7 nitrogen and oxygen atoms in total. The number of methoxy groups -OCH3 is 1. The Labute approximate surface area is 119 Å². The van der Waals surface area contributed by atoms with E-state index in [4.69, 9.17) is 9.47 Å². The van der Waals surface area contributed by atoms with E-state index in [1.54, 1.807) is 12.0 Å². The highest BCUT2D eigenvalue weighted by Gasteiger charge is 2.46. The van der Waals surface area contributed by atoms with Gasteiger partial charge >= 0.3 is 0 Å². The smallest absolute Gasteiger partial charge is 0.225 e. The molecule has 0 aromatic heterocycles. The number of amides is 1. The van der Waals surface area contributed by atoms with Gasteiger partial charge in [-0.3, -0.25) is 4.79 Å². The normalized spacial score (nSPS) is 30.3. The highest BCUT2D eigenvalue weighted by molar-refractivity contribution is 7.88. The topological polar surface area (TPSA) is 84.9 Å². The lowest BCUT2D eigenvalue weighted by atomic mass is 10.0. The predicted octanol–water partition coefficient (Wildman–Crippen LogP) is -0.669. The minimum Gasteiger partial charge on any atom is -0.384 e. The zero-order valence-corrected chi connectivity index (χ0v) is 12.7. The Morgan fingerprint density at radius 1 is 1.50 bits per heavy atom. The number of nitrogens with zero attached hydrogens (tertiary/aromatic N) is 1. The van der Waals surface area contributed by atoms with Crippen molar-refractivity contribution in [1.82, 2.24) is 9.62 Å². The summed E-state index contributed by atoms with van der Waals surface area (Å²) in [7, 11) is -1.76. The summed E-state index contributed by atoms with van der Waals surface area (Å²) in [5.41, 5.74) is 0. The van der Waals surface area contributed by atoms with E-state index >= 15 is 0 Å². The standard InChI is InChI=1S/C12H22N2O5S/c1-18-7-5-11(15)14-8-9(13-20(2,16)17)12-10(14)4-3-6-19-12/h9-10,12-13H,3-8H2,1-2H3/t9-,10-,12-/m1/s1. The van der Waals surface area contributed by atoms with Crippen molar-refractivity contribution >= 4 is 15.9 Å². The molecule has 1 N–H and O–H groups in total. The van der Waals surface area contributed by atoms with Crippen LogP contribution in [0.1, 0.15) is 19.3 Å². The van der Waals surface area contributed by atoms with Crippen LogP contribution < -0.4 is 4.72 Å². The first-order valence-electron chi connectivity index (χ1n) is 6.79. The van der Waals surface area contributed by atoms with E-state index in [2.05, 4.69) is 4.72 Å². The van der Waals surface area contributed by atoms with Gasteiger partial charge in [0, 0.05) is 20.3 Å². The largest absolute Gasteiger partial charge is 0.384 e. The zero-order chi connectivity index (χ0) is 14.8. The molecule has 2 saturated heterocycles. The number of likely N-dealkylation sites (tertiary alicyclic amines) is 1. The number of fused-ring (bicyclic) bond motifs is 1. The molecule has 0 radical (unpaired) electrons. The summed E-state index contributed by atoms with van der Waals surface area (Å²) in [4.78, 5) is 13.9. The number of carbonyl (C=O) groups is 1. The van der Waals surface area contributed by atoms with Crippen LogP contribution >= 0.6 is 0 Å². The second-order valence-electron chi connectivity index (χ2n) is 5.33.